The van der Waals surface area contributed by atoms with Crippen LogP contribution in [-0.4, -0.2) is 17.9 Å². The van der Waals surface area contributed by atoms with Crippen molar-refractivity contribution in [3.63, 3.8) is 0 Å². The Labute approximate surface area is 166 Å². The van der Waals surface area contributed by atoms with E-state index in [0.717, 1.165) is 12.8 Å². The Bertz CT molecular complexity index is 797. The number of rotatable bonds is 8. The summed E-state index contributed by atoms with van der Waals surface area (Å²) >= 11 is 0. The van der Waals surface area contributed by atoms with Crippen LogP contribution in [0.25, 0.3) is 0 Å². The van der Waals surface area contributed by atoms with Gasteiger partial charge < -0.3 is 14.2 Å². The van der Waals surface area contributed by atoms with Crippen LogP contribution in [0.4, 0.5) is 0 Å². The average Bonchev–Trinajstić information content (AvgIpc) is 2.55. The first-order valence-electron chi connectivity index (χ1n) is 9.10. The van der Waals surface area contributed by atoms with Gasteiger partial charge in [0.25, 0.3) is 0 Å². The van der Waals surface area contributed by atoms with Crippen LogP contribution in [0.15, 0.2) is 35.4 Å². The Balaban J connectivity index is 3.25. The molecule has 0 saturated carbocycles. The van der Waals surface area contributed by atoms with Gasteiger partial charge in [0.1, 0.15) is 0 Å². The summed E-state index contributed by atoms with van der Waals surface area (Å²) in [4.78, 5) is 34.5. The summed E-state index contributed by atoms with van der Waals surface area (Å²) in [6.07, 6.45) is 6.54. The van der Waals surface area contributed by atoms with Gasteiger partial charge in [-0.1, -0.05) is 29.4 Å². The summed E-state index contributed by atoms with van der Waals surface area (Å²) in [5, 5.41) is 0. The largest absolute Gasteiger partial charge is 0.423 e. The van der Waals surface area contributed by atoms with Crippen LogP contribution >= 0.6 is 0 Å². The number of carbonyl (C=O) groups excluding carboxylic acids is 3. The van der Waals surface area contributed by atoms with Crippen LogP contribution in [0.3, 0.4) is 0 Å². The molecule has 0 aliphatic heterocycles. The Morgan fingerprint density at radius 2 is 1.36 bits per heavy atom. The SMILES string of the molecule is CC(=O)Oc1ccc(C/C=C(\C)CCC=C(C)C)c(OC(C)=O)c1OC(C)=O. The van der Waals surface area contributed by atoms with Gasteiger partial charge in [-0.15, -0.1) is 0 Å². The quantitative estimate of drug-likeness (QED) is 0.365. The van der Waals surface area contributed by atoms with E-state index in [2.05, 4.69) is 19.9 Å². The Morgan fingerprint density at radius 3 is 1.89 bits per heavy atom. The van der Waals surface area contributed by atoms with Crippen LogP contribution in [0.2, 0.25) is 0 Å². The summed E-state index contributed by atoms with van der Waals surface area (Å²) in [5.41, 5.74) is 3.10. The van der Waals surface area contributed by atoms with Crippen molar-refractivity contribution in [2.75, 3.05) is 0 Å². The summed E-state index contributed by atoms with van der Waals surface area (Å²) in [6, 6.07) is 3.21. The maximum atomic E-state index is 11.6. The molecular weight excluding hydrogens is 360 g/mol. The summed E-state index contributed by atoms with van der Waals surface area (Å²) in [5.74, 6) is -1.75. The van der Waals surface area contributed by atoms with Gasteiger partial charge in [0.15, 0.2) is 11.5 Å². The molecular formula is C22H28O6. The van der Waals surface area contributed by atoms with Gasteiger partial charge in [-0.2, -0.15) is 0 Å². The highest BCUT2D eigenvalue weighted by molar-refractivity contribution is 5.78. The van der Waals surface area contributed by atoms with Crippen LogP contribution in [0, 0.1) is 0 Å². The zero-order chi connectivity index (χ0) is 21.3. The lowest BCUT2D eigenvalue weighted by atomic mass is 10.0. The van der Waals surface area contributed by atoms with Crippen LogP contribution < -0.4 is 14.2 Å². The molecule has 0 spiro atoms. The van der Waals surface area contributed by atoms with Crippen molar-refractivity contribution in [1.29, 1.82) is 0 Å². The number of allylic oxidation sites excluding steroid dienone is 4. The van der Waals surface area contributed by atoms with Crippen LogP contribution in [0.5, 0.6) is 17.2 Å². The minimum Gasteiger partial charge on any atom is -0.423 e. The van der Waals surface area contributed by atoms with E-state index < -0.39 is 17.9 Å². The third-order valence-corrected chi connectivity index (χ3v) is 3.66. The molecule has 28 heavy (non-hydrogen) atoms. The molecule has 6 heteroatoms. The monoisotopic (exact) mass is 388 g/mol. The first kappa shape index (κ1) is 23.1. The maximum Gasteiger partial charge on any atom is 0.308 e. The number of hydrogen-bond donors (Lipinski definition) is 0. The topological polar surface area (TPSA) is 78.9 Å². The maximum absolute atomic E-state index is 11.6. The van der Waals surface area contributed by atoms with E-state index in [-0.39, 0.29) is 17.2 Å². The predicted octanol–water partition coefficient (Wildman–Crippen LogP) is 4.70. The molecule has 0 heterocycles. The highest BCUT2D eigenvalue weighted by atomic mass is 16.6. The van der Waals surface area contributed by atoms with Crippen molar-refractivity contribution in [3.05, 3.63) is 41.0 Å². The van der Waals surface area contributed by atoms with E-state index in [1.165, 1.54) is 38.0 Å². The van der Waals surface area contributed by atoms with Crippen molar-refractivity contribution >= 4 is 17.9 Å². The molecule has 0 aromatic heterocycles. The molecule has 0 unspecified atom stereocenters. The number of benzene rings is 1. The third-order valence-electron chi connectivity index (χ3n) is 3.66. The van der Waals surface area contributed by atoms with E-state index in [9.17, 15) is 14.4 Å². The highest BCUT2D eigenvalue weighted by Crippen LogP contribution is 2.41. The lowest BCUT2D eigenvalue weighted by Gasteiger charge is -2.16. The smallest absolute Gasteiger partial charge is 0.308 e. The molecule has 6 nitrogen and oxygen atoms in total. The zero-order valence-electron chi connectivity index (χ0n) is 17.4. The van der Waals surface area contributed by atoms with E-state index in [0.29, 0.717) is 12.0 Å². The molecule has 0 radical (unpaired) electrons. The Morgan fingerprint density at radius 1 is 0.786 bits per heavy atom. The first-order chi connectivity index (χ1) is 13.1. The van der Waals surface area contributed by atoms with Crippen molar-refractivity contribution in [2.24, 2.45) is 0 Å². The molecule has 0 N–H and O–H groups in total. The van der Waals surface area contributed by atoms with Crippen molar-refractivity contribution in [3.8, 4) is 17.2 Å². The Kier molecular flexibility index (Phi) is 9.15. The predicted molar refractivity (Wildman–Crippen MR) is 106 cm³/mol. The van der Waals surface area contributed by atoms with Crippen LogP contribution in [-0.2, 0) is 20.8 Å². The summed E-state index contributed by atoms with van der Waals surface area (Å²) in [7, 11) is 0. The van der Waals surface area contributed by atoms with Crippen molar-refractivity contribution in [2.45, 2.75) is 60.8 Å². The standard InChI is InChI=1S/C22H28O6/c1-14(2)8-7-9-15(3)10-11-19-12-13-20(26-16(4)23)22(28-18(6)25)21(19)27-17(5)24/h8,10,12-13H,7,9,11H2,1-6H3/b15-10+. The molecule has 1 aromatic rings. The fourth-order valence-corrected chi connectivity index (χ4v) is 2.45. The second-order valence-corrected chi connectivity index (χ2v) is 6.74. The van der Waals surface area contributed by atoms with Crippen LogP contribution in [0.1, 0.15) is 59.9 Å². The van der Waals surface area contributed by atoms with Crippen molar-refractivity contribution in [1.82, 2.24) is 0 Å². The number of esters is 3. The minimum absolute atomic E-state index is 0.0203. The molecule has 0 bridgehead atoms. The normalized spacial score (nSPS) is 10.9. The van der Waals surface area contributed by atoms with E-state index in [1.54, 1.807) is 6.07 Å². The molecule has 0 fully saturated rings. The molecule has 0 atom stereocenters. The van der Waals surface area contributed by atoms with Gasteiger partial charge in [0.05, 0.1) is 0 Å². The summed E-state index contributed by atoms with van der Waals surface area (Å²) < 4.78 is 15.6. The fourth-order valence-electron chi connectivity index (χ4n) is 2.45. The second kappa shape index (κ2) is 11.1. The van der Waals surface area contributed by atoms with Crippen molar-refractivity contribution < 1.29 is 28.6 Å². The van der Waals surface area contributed by atoms with Gasteiger partial charge in [-0.3, -0.25) is 14.4 Å². The van der Waals surface area contributed by atoms with E-state index in [4.69, 9.17) is 14.2 Å². The van der Waals surface area contributed by atoms with Gasteiger partial charge in [-0.05, 0) is 46.1 Å². The van der Waals surface area contributed by atoms with Gasteiger partial charge in [0, 0.05) is 26.3 Å². The fraction of sp³-hybridized carbons (Fsp3) is 0.409. The molecule has 152 valence electrons. The second-order valence-electron chi connectivity index (χ2n) is 6.74. The number of carbonyl (C=O) groups is 3. The molecule has 1 rings (SSSR count). The minimum atomic E-state index is -0.618. The summed E-state index contributed by atoms with van der Waals surface area (Å²) in [6.45, 7) is 9.85. The molecule has 0 aliphatic rings. The highest BCUT2D eigenvalue weighted by Gasteiger charge is 2.21. The lowest BCUT2D eigenvalue weighted by Crippen LogP contribution is -2.12. The molecule has 1 aromatic carbocycles. The lowest BCUT2D eigenvalue weighted by molar-refractivity contribution is -0.135. The Hall–Kier alpha value is -2.89. The first-order valence-corrected chi connectivity index (χ1v) is 9.10. The molecule has 0 saturated heterocycles. The zero-order valence-corrected chi connectivity index (χ0v) is 17.4. The van der Waals surface area contributed by atoms with Gasteiger partial charge >= 0.3 is 17.9 Å². The third kappa shape index (κ3) is 8.20. The van der Waals surface area contributed by atoms with E-state index >= 15 is 0 Å². The average molecular weight is 388 g/mol. The molecule has 0 amide bonds. The number of hydrogen-bond acceptors (Lipinski definition) is 6. The van der Waals surface area contributed by atoms with Gasteiger partial charge in [-0.25, -0.2) is 0 Å². The molecule has 0 aliphatic carbocycles. The number of ether oxygens (including phenoxy) is 3. The van der Waals surface area contributed by atoms with E-state index in [1.807, 2.05) is 13.0 Å². The van der Waals surface area contributed by atoms with Gasteiger partial charge in [0.2, 0.25) is 5.75 Å².